The van der Waals surface area contributed by atoms with Gasteiger partial charge in [0.15, 0.2) is 0 Å². The Morgan fingerprint density at radius 2 is 1.10 bits per heavy atom. The number of aromatic amines is 2. The summed E-state index contributed by atoms with van der Waals surface area (Å²) >= 11 is 0. The van der Waals surface area contributed by atoms with E-state index in [-0.39, 0.29) is 0 Å². The predicted octanol–water partition coefficient (Wildman–Crippen LogP) is 2.97. The second-order valence-electron chi connectivity index (χ2n) is 6.91. The van der Waals surface area contributed by atoms with Gasteiger partial charge in [-0.2, -0.15) is 0 Å². The second-order valence-corrected chi connectivity index (χ2v) is 6.91. The highest BCUT2D eigenvalue weighted by Gasteiger charge is 2.15. The molecule has 3 aromatic carbocycles. The highest BCUT2D eigenvalue weighted by atomic mass is 16.1. The molecule has 0 aliphatic heterocycles. The summed E-state index contributed by atoms with van der Waals surface area (Å²) in [6.07, 6.45) is 0. The van der Waals surface area contributed by atoms with Crippen LogP contribution in [0.1, 0.15) is 20.7 Å². The summed E-state index contributed by atoms with van der Waals surface area (Å²) in [6, 6.07) is 17.9. The number of nitrogens with two attached hydrogens (primary N) is 2. The molecular formula is C22H16N6O2. The summed E-state index contributed by atoms with van der Waals surface area (Å²) in [5, 5.41) is 0. The van der Waals surface area contributed by atoms with Crippen molar-refractivity contribution >= 4 is 33.9 Å². The summed E-state index contributed by atoms with van der Waals surface area (Å²) < 4.78 is 0. The molecule has 8 nitrogen and oxygen atoms in total. The lowest BCUT2D eigenvalue weighted by atomic mass is 10.1. The Hall–Kier alpha value is -4.46. The SMILES string of the molecule is NC(=O)c1ccc2nc(-c3ccccc3-c3nc4ccc(C(N)=O)cc4[nH]3)[nH]c2c1. The molecule has 0 fully saturated rings. The maximum absolute atomic E-state index is 11.5. The van der Waals surface area contributed by atoms with Gasteiger partial charge in [-0.1, -0.05) is 24.3 Å². The molecule has 5 aromatic rings. The Balaban J connectivity index is 1.64. The first-order valence-corrected chi connectivity index (χ1v) is 9.18. The largest absolute Gasteiger partial charge is 0.366 e. The number of carbonyl (C=O) groups excluding carboxylic acids is 2. The number of nitrogens with one attached hydrogen (secondary N) is 2. The predicted molar refractivity (Wildman–Crippen MR) is 114 cm³/mol. The zero-order chi connectivity index (χ0) is 20.8. The van der Waals surface area contributed by atoms with Crippen molar-refractivity contribution in [2.24, 2.45) is 11.5 Å². The number of benzene rings is 3. The van der Waals surface area contributed by atoms with Gasteiger partial charge in [0.05, 0.1) is 22.1 Å². The van der Waals surface area contributed by atoms with Crippen LogP contribution < -0.4 is 11.5 Å². The zero-order valence-electron chi connectivity index (χ0n) is 15.6. The molecule has 30 heavy (non-hydrogen) atoms. The van der Waals surface area contributed by atoms with E-state index >= 15 is 0 Å². The average Bonchev–Trinajstić information content (AvgIpc) is 3.36. The van der Waals surface area contributed by atoms with Crippen LogP contribution in [0.4, 0.5) is 0 Å². The van der Waals surface area contributed by atoms with Gasteiger partial charge in [-0.25, -0.2) is 9.97 Å². The molecule has 0 aliphatic carbocycles. The van der Waals surface area contributed by atoms with Crippen molar-refractivity contribution in [3.8, 4) is 22.8 Å². The molecule has 8 heteroatoms. The van der Waals surface area contributed by atoms with Crippen LogP contribution in [0.5, 0.6) is 0 Å². The maximum Gasteiger partial charge on any atom is 0.248 e. The number of hydrogen-bond donors (Lipinski definition) is 4. The lowest BCUT2D eigenvalue weighted by Gasteiger charge is -2.04. The van der Waals surface area contributed by atoms with Crippen LogP contribution >= 0.6 is 0 Å². The van der Waals surface area contributed by atoms with Crippen LogP contribution in [0.2, 0.25) is 0 Å². The Bertz CT molecular complexity index is 1350. The number of primary amides is 2. The van der Waals surface area contributed by atoms with Crippen molar-refractivity contribution in [3.63, 3.8) is 0 Å². The van der Waals surface area contributed by atoms with Crippen molar-refractivity contribution in [2.75, 3.05) is 0 Å². The van der Waals surface area contributed by atoms with Gasteiger partial charge in [-0.15, -0.1) is 0 Å². The minimum Gasteiger partial charge on any atom is -0.366 e. The molecule has 0 saturated carbocycles. The summed E-state index contributed by atoms with van der Waals surface area (Å²) in [6.45, 7) is 0. The van der Waals surface area contributed by atoms with Gasteiger partial charge in [-0.05, 0) is 36.4 Å². The molecule has 6 N–H and O–H groups in total. The molecule has 0 bridgehead atoms. The Labute approximate surface area is 169 Å². The van der Waals surface area contributed by atoms with Crippen molar-refractivity contribution in [3.05, 3.63) is 71.8 Å². The average molecular weight is 396 g/mol. The van der Waals surface area contributed by atoms with Crippen LogP contribution in [-0.2, 0) is 0 Å². The fourth-order valence-corrected chi connectivity index (χ4v) is 3.48. The molecule has 2 heterocycles. The van der Waals surface area contributed by atoms with Crippen molar-refractivity contribution in [1.82, 2.24) is 19.9 Å². The number of nitrogens with zero attached hydrogens (tertiary/aromatic N) is 2. The van der Waals surface area contributed by atoms with Crippen LogP contribution in [0, 0.1) is 0 Å². The summed E-state index contributed by atoms with van der Waals surface area (Å²) in [7, 11) is 0. The van der Waals surface area contributed by atoms with Gasteiger partial charge in [0.25, 0.3) is 0 Å². The lowest BCUT2D eigenvalue weighted by molar-refractivity contribution is 0.0992. The van der Waals surface area contributed by atoms with E-state index in [0.29, 0.717) is 33.8 Å². The highest BCUT2D eigenvalue weighted by Crippen LogP contribution is 2.31. The Morgan fingerprint density at radius 1 is 0.667 bits per heavy atom. The van der Waals surface area contributed by atoms with Gasteiger partial charge < -0.3 is 21.4 Å². The number of hydrogen-bond acceptors (Lipinski definition) is 4. The first-order chi connectivity index (χ1) is 14.5. The standard InChI is InChI=1S/C22H16N6O2/c23-19(29)11-5-7-15-17(9-11)27-21(25-15)13-3-1-2-4-14(13)22-26-16-8-6-12(20(24)30)10-18(16)28-22/h1-10H,(H2,23,29)(H2,24,30)(H,25,27)(H,26,28). The molecule has 0 aliphatic rings. The highest BCUT2D eigenvalue weighted by molar-refractivity contribution is 5.98. The fourth-order valence-electron chi connectivity index (χ4n) is 3.48. The van der Waals surface area contributed by atoms with Gasteiger partial charge in [0.1, 0.15) is 11.6 Å². The number of carbonyl (C=O) groups is 2. The molecule has 0 spiro atoms. The number of fused-ring (bicyclic) bond motifs is 2. The Morgan fingerprint density at radius 3 is 1.50 bits per heavy atom. The van der Waals surface area contributed by atoms with Crippen molar-refractivity contribution < 1.29 is 9.59 Å². The normalized spacial score (nSPS) is 11.2. The van der Waals surface area contributed by atoms with Crippen molar-refractivity contribution in [1.29, 1.82) is 0 Å². The molecule has 5 rings (SSSR count). The van der Waals surface area contributed by atoms with Crippen LogP contribution in [0.3, 0.4) is 0 Å². The molecule has 0 saturated heterocycles. The number of H-pyrrole nitrogens is 2. The molecule has 2 aromatic heterocycles. The van der Waals surface area contributed by atoms with E-state index < -0.39 is 11.8 Å². The first-order valence-electron chi connectivity index (χ1n) is 9.18. The van der Waals surface area contributed by atoms with Gasteiger partial charge in [-0.3, -0.25) is 9.59 Å². The number of amides is 2. The zero-order valence-corrected chi connectivity index (χ0v) is 15.6. The minimum atomic E-state index is -0.494. The smallest absolute Gasteiger partial charge is 0.248 e. The van der Waals surface area contributed by atoms with Crippen LogP contribution in [0.25, 0.3) is 44.8 Å². The van der Waals surface area contributed by atoms with E-state index in [1.165, 1.54) is 0 Å². The van der Waals surface area contributed by atoms with E-state index in [4.69, 9.17) is 11.5 Å². The molecule has 0 radical (unpaired) electrons. The fraction of sp³-hybridized carbons (Fsp3) is 0. The first kappa shape index (κ1) is 17.6. The molecule has 0 unspecified atom stereocenters. The van der Waals surface area contributed by atoms with E-state index in [1.54, 1.807) is 36.4 Å². The van der Waals surface area contributed by atoms with Crippen LogP contribution in [0.15, 0.2) is 60.7 Å². The number of imidazole rings is 2. The molecule has 2 amide bonds. The van der Waals surface area contributed by atoms with Gasteiger partial charge in [0.2, 0.25) is 11.8 Å². The molecular weight excluding hydrogens is 380 g/mol. The Kier molecular flexibility index (Phi) is 3.85. The molecule has 0 atom stereocenters. The third-order valence-electron chi connectivity index (χ3n) is 4.97. The van der Waals surface area contributed by atoms with E-state index in [2.05, 4.69) is 19.9 Å². The third kappa shape index (κ3) is 2.87. The van der Waals surface area contributed by atoms with Crippen LogP contribution in [-0.4, -0.2) is 31.8 Å². The number of rotatable bonds is 4. The topological polar surface area (TPSA) is 144 Å². The second kappa shape index (κ2) is 6.56. The van der Waals surface area contributed by atoms with E-state index in [1.807, 2.05) is 24.3 Å². The van der Waals surface area contributed by atoms with E-state index in [0.717, 1.165) is 22.2 Å². The van der Waals surface area contributed by atoms with E-state index in [9.17, 15) is 9.59 Å². The van der Waals surface area contributed by atoms with Gasteiger partial charge in [0, 0.05) is 22.3 Å². The quantitative estimate of drug-likeness (QED) is 0.370. The third-order valence-corrected chi connectivity index (χ3v) is 4.97. The summed E-state index contributed by atoms with van der Waals surface area (Å²) in [5.74, 6) is 0.290. The van der Waals surface area contributed by atoms with Gasteiger partial charge >= 0.3 is 0 Å². The summed E-state index contributed by atoms with van der Waals surface area (Å²) in [5.41, 5.74) is 16.1. The molecule has 146 valence electrons. The van der Waals surface area contributed by atoms with Crippen molar-refractivity contribution in [2.45, 2.75) is 0 Å². The number of aromatic nitrogens is 4. The lowest BCUT2D eigenvalue weighted by Crippen LogP contribution is -2.10. The monoisotopic (exact) mass is 396 g/mol. The summed E-state index contributed by atoms with van der Waals surface area (Å²) in [4.78, 5) is 38.7. The maximum atomic E-state index is 11.5. The minimum absolute atomic E-state index is 0.411.